The lowest BCUT2D eigenvalue weighted by Crippen LogP contribution is -2.16. The molecule has 0 fully saturated rings. The van der Waals surface area contributed by atoms with Crippen LogP contribution in [0, 0.1) is 0 Å². The van der Waals surface area contributed by atoms with Crippen LogP contribution in [0.1, 0.15) is 5.56 Å². The molecule has 3 aromatic carbocycles. The summed E-state index contributed by atoms with van der Waals surface area (Å²) in [4.78, 5) is 31.6. The van der Waals surface area contributed by atoms with Crippen molar-refractivity contribution in [2.24, 2.45) is 0 Å². The third-order valence-electron chi connectivity index (χ3n) is 4.64. The molecule has 0 saturated carbocycles. The molecule has 0 unspecified atom stereocenters. The molecule has 2 N–H and O–H groups in total. The molecule has 4 rings (SSSR count). The van der Waals surface area contributed by atoms with Gasteiger partial charge in [-0.15, -0.1) is 0 Å². The van der Waals surface area contributed by atoms with E-state index in [0.29, 0.717) is 5.56 Å². The number of carboxylic acid groups (broad SMARTS) is 1. The quantitative estimate of drug-likeness (QED) is 0.374. The molecular weight excluding hydrogens is 422 g/mol. The average Bonchev–Trinajstić information content (AvgIpc) is 2.85. The Bertz CT molecular complexity index is 1250. The van der Waals surface area contributed by atoms with Gasteiger partial charge in [0.15, 0.2) is 5.82 Å². The monoisotopic (exact) mass is 441 g/mol. The standard InChI is InChI=1S/C25H19N3O5/c29-24(32-16-17-11-13-19(14-12-17)18-7-3-1-4-8-18)27-21-15-26-22(20-9-5-2-6-10-20)28-23(21)33-25(30)31/h1-15H,16H2,(H,27,29)(H,30,31). The van der Waals surface area contributed by atoms with Crippen LogP contribution in [-0.4, -0.2) is 27.3 Å². The van der Waals surface area contributed by atoms with E-state index in [2.05, 4.69) is 15.3 Å². The van der Waals surface area contributed by atoms with E-state index in [-0.39, 0.29) is 24.0 Å². The highest BCUT2D eigenvalue weighted by Gasteiger charge is 2.16. The fourth-order valence-corrected chi connectivity index (χ4v) is 3.06. The van der Waals surface area contributed by atoms with Gasteiger partial charge in [-0.1, -0.05) is 84.9 Å². The largest absolute Gasteiger partial charge is 0.512 e. The first-order valence-electron chi connectivity index (χ1n) is 10.00. The molecule has 8 heteroatoms. The second-order valence-corrected chi connectivity index (χ2v) is 6.91. The summed E-state index contributed by atoms with van der Waals surface area (Å²) in [6.07, 6.45) is -1.10. The predicted octanol–water partition coefficient (Wildman–Crippen LogP) is 5.62. The van der Waals surface area contributed by atoms with Crippen LogP contribution in [0.5, 0.6) is 5.88 Å². The second-order valence-electron chi connectivity index (χ2n) is 6.91. The Morgan fingerprint density at radius 3 is 2.06 bits per heavy atom. The third-order valence-corrected chi connectivity index (χ3v) is 4.64. The minimum absolute atomic E-state index is 0.0264. The van der Waals surface area contributed by atoms with E-state index < -0.39 is 12.2 Å². The van der Waals surface area contributed by atoms with Crippen LogP contribution in [0.4, 0.5) is 15.3 Å². The fraction of sp³-hybridized carbons (Fsp3) is 0.0400. The number of carbonyl (C=O) groups is 2. The van der Waals surface area contributed by atoms with Crippen molar-refractivity contribution in [3.05, 3.63) is 96.7 Å². The maximum absolute atomic E-state index is 12.3. The van der Waals surface area contributed by atoms with Crippen molar-refractivity contribution in [3.63, 3.8) is 0 Å². The van der Waals surface area contributed by atoms with E-state index in [1.165, 1.54) is 6.20 Å². The van der Waals surface area contributed by atoms with Gasteiger partial charge in [0.25, 0.3) is 5.88 Å². The molecule has 0 aliphatic heterocycles. The van der Waals surface area contributed by atoms with Gasteiger partial charge >= 0.3 is 12.2 Å². The Morgan fingerprint density at radius 1 is 0.818 bits per heavy atom. The lowest BCUT2D eigenvalue weighted by atomic mass is 10.0. The lowest BCUT2D eigenvalue weighted by molar-refractivity contribution is 0.142. The molecular formula is C25H19N3O5. The molecule has 1 heterocycles. The van der Waals surface area contributed by atoms with Crippen LogP contribution in [0.3, 0.4) is 0 Å². The molecule has 0 aliphatic rings. The highest BCUT2D eigenvalue weighted by atomic mass is 16.7. The van der Waals surface area contributed by atoms with E-state index in [4.69, 9.17) is 14.6 Å². The van der Waals surface area contributed by atoms with Crippen LogP contribution < -0.4 is 10.1 Å². The van der Waals surface area contributed by atoms with E-state index in [0.717, 1.165) is 16.7 Å². The second kappa shape index (κ2) is 10.1. The first-order chi connectivity index (χ1) is 16.1. The van der Waals surface area contributed by atoms with Gasteiger partial charge in [0.1, 0.15) is 12.3 Å². The first kappa shape index (κ1) is 21.5. The lowest BCUT2D eigenvalue weighted by Gasteiger charge is -2.11. The van der Waals surface area contributed by atoms with Crippen molar-refractivity contribution < 1.29 is 24.2 Å². The summed E-state index contributed by atoms with van der Waals surface area (Å²) in [7, 11) is 0. The highest BCUT2D eigenvalue weighted by Crippen LogP contribution is 2.25. The van der Waals surface area contributed by atoms with Crippen molar-refractivity contribution >= 4 is 17.9 Å². The van der Waals surface area contributed by atoms with Gasteiger partial charge < -0.3 is 14.6 Å². The molecule has 164 valence electrons. The molecule has 0 spiro atoms. The van der Waals surface area contributed by atoms with Gasteiger partial charge in [-0.3, -0.25) is 5.32 Å². The minimum Gasteiger partial charge on any atom is -0.449 e. The molecule has 0 radical (unpaired) electrons. The van der Waals surface area contributed by atoms with E-state index >= 15 is 0 Å². The maximum atomic E-state index is 12.3. The molecule has 0 atom stereocenters. The number of carbonyl (C=O) groups excluding carboxylic acids is 1. The highest BCUT2D eigenvalue weighted by molar-refractivity contribution is 5.86. The molecule has 0 bridgehead atoms. The maximum Gasteiger partial charge on any atom is 0.512 e. The van der Waals surface area contributed by atoms with Crippen LogP contribution in [0.15, 0.2) is 91.1 Å². The topological polar surface area (TPSA) is 111 Å². The summed E-state index contributed by atoms with van der Waals surface area (Å²) in [5.41, 5.74) is 3.58. The van der Waals surface area contributed by atoms with E-state index in [1.54, 1.807) is 24.3 Å². The number of hydrogen-bond acceptors (Lipinski definition) is 6. The molecule has 1 amide bonds. The molecule has 4 aromatic rings. The van der Waals surface area contributed by atoms with Crippen molar-refractivity contribution in [3.8, 4) is 28.4 Å². The molecule has 33 heavy (non-hydrogen) atoms. The number of amides is 1. The normalized spacial score (nSPS) is 10.3. The Hall–Kier alpha value is -4.72. The Morgan fingerprint density at radius 2 is 1.42 bits per heavy atom. The van der Waals surface area contributed by atoms with Crippen molar-refractivity contribution in [1.29, 1.82) is 0 Å². The van der Waals surface area contributed by atoms with Crippen molar-refractivity contribution in [1.82, 2.24) is 9.97 Å². The SMILES string of the molecule is O=C(O)Oc1nc(-c2ccccc2)ncc1NC(=O)OCc1ccc(-c2ccccc2)cc1. The van der Waals surface area contributed by atoms with E-state index in [9.17, 15) is 9.59 Å². The van der Waals surface area contributed by atoms with Crippen molar-refractivity contribution in [2.75, 3.05) is 5.32 Å². The Labute approximate surface area is 189 Å². The fourth-order valence-electron chi connectivity index (χ4n) is 3.06. The van der Waals surface area contributed by atoms with Crippen LogP contribution in [-0.2, 0) is 11.3 Å². The van der Waals surface area contributed by atoms with E-state index in [1.807, 2.05) is 60.7 Å². The first-order valence-corrected chi connectivity index (χ1v) is 10.00. The zero-order valence-corrected chi connectivity index (χ0v) is 17.3. The predicted molar refractivity (Wildman–Crippen MR) is 122 cm³/mol. The molecule has 0 aliphatic carbocycles. The minimum atomic E-state index is -1.57. The number of nitrogens with one attached hydrogen (secondary N) is 1. The summed E-state index contributed by atoms with van der Waals surface area (Å²) in [5, 5.41) is 11.4. The van der Waals surface area contributed by atoms with Gasteiger partial charge in [0.05, 0.1) is 6.20 Å². The Balaban J connectivity index is 1.42. The summed E-state index contributed by atoms with van der Waals surface area (Å²) in [5.74, 6) is -0.0511. The zero-order valence-electron chi connectivity index (χ0n) is 17.3. The van der Waals surface area contributed by atoms with Gasteiger partial charge in [-0.05, 0) is 16.7 Å². The number of nitrogens with zero attached hydrogens (tertiary/aromatic N) is 2. The number of anilines is 1. The van der Waals surface area contributed by atoms with Gasteiger partial charge in [0, 0.05) is 5.56 Å². The number of ether oxygens (including phenoxy) is 2. The van der Waals surface area contributed by atoms with Crippen LogP contribution >= 0.6 is 0 Å². The van der Waals surface area contributed by atoms with Gasteiger partial charge in [-0.25, -0.2) is 14.6 Å². The van der Waals surface area contributed by atoms with Crippen molar-refractivity contribution in [2.45, 2.75) is 6.61 Å². The van der Waals surface area contributed by atoms with Crippen LogP contribution in [0.25, 0.3) is 22.5 Å². The van der Waals surface area contributed by atoms with Gasteiger partial charge in [0.2, 0.25) is 0 Å². The number of benzene rings is 3. The molecule has 1 aromatic heterocycles. The summed E-state index contributed by atoms with van der Waals surface area (Å²) in [6.45, 7) is 0.0268. The summed E-state index contributed by atoms with van der Waals surface area (Å²) in [6, 6.07) is 26.5. The van der Waals surface area contributed by atoms with Gasteiger partial charge in [-0.2, -0.15) is 4.98 Å². The average molecular weight is 441 g/mol. The number of hydrogen-bond donors (Lipinski definition) is 2. The molecule has 0 saturated heterocycles. The molecule has 8 nitrogen and oxygen atoms in total. The third kappa shape index (κ3) is 5.71. The smallest absolute Gasteiger partial charge is 0.449 e. The van der Waals surface area contributed by atoms with Crippen LogP contribution in [0.2, 0.25) is 0 Å². The summed E-state index contributed by atoms with van der Waals surface area (Å²) < 4.78 is 9.97. The summed E-state index contributed by atoms with van der Waals surface area (Å²) >= 11 is 0. The number of aromatic nitrogens is 2. The zero-order chi connectivity index (χ0) is 23.0. The Kier molecular flexibility index (Phi) is 6.56. The number of rotatable bonds is 6.